The largest absolute Gasteiger partial charge is 0.462 e. The summed E-state index contributed by atoms with van der Waals surface area (Å²) < 4.78 is 6.50. The van der Waals surface area contributed by atoms with Crippen LogP contribution in [0.1, 0.15) is 33.3 Å². The minimum Gasteiger partial charge on any atom is -0.462 e. The van der Waals surface area contributed by atoms with E-state index in [0.29, 0.717) is 27.2 Å². The third-order valence-corrected chi connectivity index (χ3v) is 6.64. The Labute approximate surface area is 178 Å². The highest BCUT2D eigenvalue weighted by atomic mass is 32.1. The van der Waals surface area contributed by atoms with E-state index in [1.807, 2.05) is 6.07 Å². The number of aliphatic hydroxyl groups is 1. The van der Waals surface area contributed by atoms with Crippen LogP contribution < -0.4 is 5.56 Å². The molecule has 0 fully saturated rings. The first-order valence-corrected chi connectivity index (χ1v) is 10.9. The fourth-order valence-electron chi connectivity index (χ4n) is 3.97. The second-order valence-electron chi connectivity index (χ2n) is 7.57. The van der Waals surface area contributed by atoms with Crippen molar-refractivity contribution in [3.63, 3.8) is 0 Å². The predicted molar refractivity (Wildman–Crippen MR) is 116 cm³/mol. The molecule has 3 aromatic rings. The van der Waals surface area contributed by atoms with Crippen LogP contribution in [-0.4, -0.2) is 51.3 Å². The molecule has 0 amide bonds. The zero-order valence-electron chi connectivity index (χ0n) is 17.1. The van der Waals surface area contributed by atoms with Crippen molar-refractivity contribution in [2.45, 2.75) is 39.5 Å². The highest BCUT2D eigenvalue weighted by molar-refractivity contribution is 7.20. The molecule has 1 aromatic carbocycles. The lowest BCUT2D eigenvalue weighted by molar-refractivity contribution is 0.0531. The Morgan fingerprint density at radius 3 is 2.83 bits per heavy atom. The number of aromatic nitrogens is 2. The van der Waals surface area contributed by atoms with E-state index in [2.05, 4.69) is 28.1 Å². The number of hydrogen-bond donors (Lipinski definition) is 1. The van der Waals surface area contributed by atoms with Gasteiger partial charge in [-0.15, -0.1) is 11.3 Å². The molecule has 1 atom stereocenters. The fourth-order valence-corrected chi connectivity index (χ4v) is 5.01. The van der Waals surface area contributed by atoms with Crippen LogP contribution in [0.2, 0.25) is 0 Å². The lowest BCUT2D eigenvalue weighted by atomic mass is 10.00. The van der Waals surface area contributed by atoms with E-state index in [0.717, 1.165) is 19.5 Å². The smallest absolute Gasteiger partial charge is 0.348 e. The molecular formula is C22H25N3O4S. The van der Waals surface area contributed by atoms with Crippen molar-refractivity contribution in [2.24, 2.45) is 0 Å². The van der Waals surface area contributed by atoms with Gasteiger partial charge in [0.2, 0.25) is 0 Å². The Morgan fingerprint density at radius 1 is 1.30 bits per heavy atom. The number of carbonyl (C=O) groups is 1. The third-order valence-electron chi connectivity index (χ3n) is 5.46. The van der Waals surface area contributed by atoms with Gasteiger partial charge in [-0.3, -0.25) is 14.3 Å². The van der Waals surface area contributed by atoms with Crippen molar-refractivity contribution in [3.8, 4) is 0 Å². The van der Waals surface area contributed by atoms with Crippen molar-refractivity contribution in [1.82, 2.24) is 14.5 Å². The van der Waals surface area contributed by atoms with E-state index < -0.39 is 12.1 Å². The second kappa shape index (κ2) is 8.67. The molecule has 0 saturated heterocycles. The number of carbonyl (C=O) groups excluding carboxylic acids is 1. The lowest BCUT2D eigenvalue weighted by Crippen LogP contribution is -2.39. The van der Waals surface area contributed by atoms with Crippen molar-refractivity contribution in [1.29, 1.82) is 0 Å². The first-order valence-electron chi connectivity index (χ1n) is 10.1. The summed E-state index contributed by atoms with van der Waals surface area (Å²) in [5, 5.41) is 11.1. The van der Waals surface area contributed by atoms with Gasteiger partial charge in [-0.25, -0.2) is 9.78 Å². The molecule has 0 spiro atoms. The molecular weight excluding hydrogens is 402 g/mol. The summed E-state index contributed by atoms with van der Waals surface area (Å²) in [6.45, 7) is 6.07. The maximum absolute atomic E-state index is 13.0. The maximum Gasteiger partial charge on any atom is 0.348 e. The number of nitrogens with zero attached hydrogens (tertiary/aromatic N) is 3. The van der Waals surface area contributed by atoms with E-state index in [4.69, 9.17) is 4.74 Å². The monoisotopic (exact) mass is 427 g/mol. The summed E-state index contributed by atoms with van der Waals surface area (Å²) in [7, 11) is 0. The van der Waals surface area contributed by atoms with Gasteiger partial charge < -0.3 is 9.84 Å². The van der Waals surface area contributed by atoms with Gasteiger partial charge in [-0.05, 0) is 37.0 Å². The van der Waals surface area contributed by atoms with Crippen LogP contribution in [0.4, 0.5) is 0 Å². The Hall–Kier alpha value is -2.55. The number of aryl methyl sites for hydroxylation is 1. The highest BCUT2D eigenvalue weighted by Crippen LogP contribution is 2.27. The van der Waals surface area contributed by atoms with Crippen molar-refractivity contribution >= 4 is 27.5 Å². The standard InChI is InChI=1S/C22H25N3O4S/c1-3-29-22(28)19-14(2)18-20(30-19)23-13-25(21(18)27)12-17(26)11-24-9-8-15-6-4-5-7-16(15)10-24/h4-7,13,17,26H,3,8-12H2,1-2H3. The van der Waals surface area contributed by atoms with Gasteiger partial charge in [-0.2, -0.15) is 0 Å². The molecule has 7 nitrogen and oxygen atoms in total. The van der Waals surface area contributed by atoms with Gasteiger partial charge in [0.05, 0.1) is 31.0 Å². The van der Waals surface area contributed by atoms with Crippen LogP contribution in [0.3, 0.4) is 0 Å². The number of hydrogen-bond acceptors (Lipinski definition) is 7. The van der Waals surface area contributed by atoms with Crippen molar-refractivity contribution in [2.75, 3.05) is 19.7 Å². The number of aliphatic hydroxyl groups excluding tert-OH is 1. The van der Waals surface area contributed by atoms with Crippen LogP contribution in [0, 0.1) is 6.92 Å². The summed E-state index contributed by atoms with van der Waals surface area (Å²) in [4.78, 5) is 32.6. The van der Waals surface area contributed by atoms with Crippen LogP contribution in [0.15, 0.2) is 35.4 Å². The zero-order valence-corrected chi connectivity index (χ0v) is 17.9. The number of benzene rings is 1. The number of fused-ring (bicyclic) bond motifs is 2. The van der Waals surface area contributed by atoms with E-state index in [-0.39, 0.29) is 18.7 Å². The Morgan fingerprint density at radius 2 is 2.07 bits per heavy atom. The highest BCUT2D eigenvalue weighted by Gasteiger charge is 2.22. The topological polar surface area (TPSA) is 84.7 Å². The van der Waals surface area contributed by atoms with Crippen LogP contribution >= 0.6 is 11.3 Å². The first-order chi connectivity index (χ1) is 14.5. The van der Waals surface area contributed by atoms with Crippen molar-refractivity contribution < 1.29 is 14.6 Å². The molecule has 30 heavy (non-hydrogen) atoms. The van der Waals surface area contributed by atoms with E-state index in [1.165, 1.54) is 33.4 Å². The summed E-state index contributed by atoms with van der Waals surface area (Å²) in [5.74, 6) is -0.436. The van der Waals surface area contributed by atoms with Crippen LogP contribution in [0.5, 0.6) is 0 Å². The summed E-state index contributed by atoms with van der Waals surface area (Å²) in [6, 6.07) is 8.36. The maximum atomic E-state index is 13.0. The normalized spacial score (nSPS) is 15.2. The zero-order chi connectivity index (χ0) is 21.3. The number of β-amino-alcohol motifs (C(OH)–C–C–N with tert-alkyl or cyclic N) is 1. The van der Waals surface area contributed by atoms with E-state index in [1.54, 1.807) is 13.8 Å². The molecule has 2 aromatic heterocycles. The van der Waals surface area contributed by atoms with Gasteiger partial charge in [0.15, 0.2) is 0 Å². The molecule has 1 unspecified atom stereocenters. The quantitative estimate of drug-likeness (QED) is 0.608. The number of thiophene rings is 1. The summed E-state index contributed by atoms with van der Waals surface area (Å²) in [5.41, 5.74) is 2.99. The molecule has 3 heterocycles. The second-order valence-corrected chi connectivity index (χ2v) is 8.57. The minimum absolute atomic E-state index is 0.157. The molecule has 1 aliphatic heterocycles. The molecule has 8 heteroatoms. The average molecular weight is 428 g/mol. The number of ether oxygens (including phenoxy) is 1. The summed E-state index contributed by atoms with van der Waals surface area (Å²) in [6.07, 6.45) is 1.71. The molecule has 0 saturated carbocycles. The molecule has 4 rings (SSSR count). The first kappa shape index (κ1) is 20.7. The molecule has 1 N–H and O–H groups in total. The van der Waals surface area contributed by atoms with Gasteiger partial charge in [-0.1, -0.05) is 24.3 Å². The van der Waals surface area contributed by atoms with Gasteiger partial charge >= 0.3 is 5.97 Å². The van der Waals surface area contributed by atoms with Crippen LogP contribution in [-0.2, 0) is 24.2 Å². The molecule has 1 aliphatic rings. The van der Waals surface area contributed by atoms with Gasteiger partial charge in [0, 0.05) is 19.6 Å². The molecule has 0 aliphatic carbocycles. The van der Waals surface area contributed by atoms with E-state index >= 15 is 0 Å². The summed E-state index contributed by atoms with van der Waals surface area (Å²) >= 11 is 1.17. The lowest BCUT2D eigenvalue weighted by Gasteiger charge is -2.30. The van der Waals surface area contributed by atoms with Crippen LogP contribution in [0.25, 0.3) is 10.2 Å². The Bertz CT molecular complexity index is 1140. The van der Waals surface area contributed by atoms with Gasteiger partial charge in [0.1, 0.15) is 9.71 Å². The molecule has 158 valence electrons. The SMILES string of the molecule is CCOC(=O)c1sc2ncn(CC(O)CN3CCc4ccccc4C3)c(=O)c2c1C. The molecule has 0 radical (unpaired) electrons. The number of esters is 1. The fraction of sp³-hybridized carbons (Fsp3) is 0.409. The Kier molecular flexibility index (Phi) is 5.99. The number of rotatable bonds is 6. The third kappa shape index (κ3) is 4.03. The van der Waals surface area contributed by atoms with E-state index in [9.17, 15) is 14.7 Å². The van der Waals surface area contributed by atoms with Crippen molar-refractivity contribution in [3.05, 3.63) is 62.5 Å². The Balaban J connectivity index is 1.50. The average Bonchev–Trinajstić information content (AvgIpc) is 3.07. The van der Waals surface area contributed by atoms with Gasteiger partial charge in [0.25, 0.3) is 5.56 Å². The minimum atomic E-state index is -0.698. The molecule has 0 bridgehead atoms. The predicted octanol–water partition coefficient (Wildman–Crippen LogP) is 2.36.